The lowest BCUT2D eigenvalue weighted by Crippen LogP contribution is -2.04. The monoisotopic (exact) mass is 356 g/mol. The molecule has 3 aromatic heterocycles. The first-order chi connectivity index (χ1) is 12.1. The topological polar surface area (TPSA) is 82.5 Å². The molecular formula is C18H24N6S. The number of anilines is 1. The summed E-state index contributed by atoms with van der Waals surface area (Å²) in [6, 6.07) is 1.84. The highest BCUT2D eigenvalue weighted by Crippen LogP contribution is 2.26. The molecule has 0 aliphatic heterocycles. The number of fused-ring (bicyclic) bond motifs is 1. The van der Waals surface area contributed by atoms with Gasteiger partial charge in [0, 0.05) is 30.4 Å². The molecule has 3 rings (SSSR count). The molecule has 6 nitrogen and oxygen atoms in total. The van der Waals surface area contributed by atoms with Crippen molar-refractivity contribution in [3.63, 3.8) is 0 Å². The van der Waals surface area contributed by atoms with Crippen LogP contribution in [0.2, 0.25) is 0 Å². The fourth-order valence-corrected chi connectivity index (χ4v) is 3.76. The van der Waals surface area contributed by atoms with Gasteiger partial charge in [0.2, 0.25) is 0 Å². The average molecular weight is 356 g/mol. The number of nitrogen functional groups attached to an aromatic ring is 1. The lowest BCUT2D eigenvalue weighted by molar-refractivity contribution is 0.603. The Balaban J connectivity index is 1.57. The van der Waals surface area contributed by atoms with Crippen LogP contribution in [0.4, 0.5) is 5.82 Å². The lowest BCUT2D eigenvalue weighted by atomic mass is 10.2. The van der Waals surface area contributed by atoms with E-state index in [2.05, 4.69) is 31.4 Å². The van der Waals surface area contributed by atoms with Gasteiger partial charge in [-0.05, 0) is 45.2 Å². The zero-order valence-electron chi connectivity index (χ0n) is 15.0. The minimum Gasteiger partial charge on any atom is -0.382 e. The van der Waals surface area contributed by atoms with Crippen LogP contribution in [0.1, 0.15) is 36.3 Å². The summed E-state index contributed by atoms with van der Waals surface area (Å²) in [7, 11) is 0. The maximum atomic E-state index is 6.06. The first-order valence-corrected chi connectivity index (χ1v) is 9.56. The number of hydrogen-bond acceptors (Lipinski definition) is 6. The van der Waals surface area contributed by atoms with Crippen molar-refractivity contribution in [1.29, 1.82) is 0 Å². The molecule has 0 unspecified atom stereocenters. The van der Waals surface area contributed by atoms with Crippen molar-refractivity contribution in [2.75, 3.05) is 11.5 Å². The second-order valence-electron chi connectivity index (χ2n) is 6.16. The third-order valence-electron chi connectivity index (χ3n) is 4.39. The SMILES string of the molecule is Cc1nc(N)c2nc(C)n(CCCCCSc3ncccn3)c2c1C. The Bertz CT molecular complexity index is 859. The molecule has 7 heteroatoms. The van der Waals surface area contributed by atoms with Crippen LogP contribution in [0.15, 0.2) is 23.6 Å². The van der Waals surface area contributed by atoms with E-state index in [0.29, 0.717) is 5.82 Å². The molecule has 3 heterocycles. The van der Waals surface area contributed by atoms with E-state index in [4.69, 9.17) is 5.73 Å². The Kier molecular flexibility index (Phi) is 5.53. The second-order valence-corrected chi connectivity index (χ2v) is 7.22. The molecule has 0 atom stereocenters. The molecule has 0 fully saturated rings. The quantitative estimate of drug-likeness (QED) is 0.395. The highest BCUT2D eigenvalue weighted by Gasteiger charge is 2.15. The number of hydrogen-bond donors (Lipinski definition) is 1. The van der Waals surface area contributed by atoms with Crippen molar-refractivity contribution < 1.29 is 0 Å². The molecule has 0 spiro atoms. The Morgan fingerprint density at radius 2 is 1.80 bits per heavy atom. The molecule has 0 aliphatic rings. The molecule has 3 aromatic rings. The number of aromatic nitrogens is 5. The molecule has 25 heavy (non-hydrogen) atoms. The van der Waals surface area contributed by atoms with E-state index >= 15 is 0 Å². The number of rotatable bonds is 7. The Morgan fingerprint density at radius 1 is 1.04 bits per heavy atom. The lowest BCUT2D eigenvalue weighted by Gasteiger charge is -2.10. The molecule has 0 aliphatic carbocycles. The van der Waals surface area contributed by atoms with Crippen molar-refractivity contribution in [2.24, 2.45) is 0 Å². The van der Waals surface area contributed by atoms with Gasteiger partial charge in [-0.15, -0.1) is 0 Å². The molecule has 0 bridgehead atoms. The summed E-state index contributed by atoms with van der Waals surface area (Å²) >= 11 is 1.71. The van der Waals surface area contributed by atoms with Crippen molar-refractivity contribution in [3.8, 4) is 0 Å². The van der Waals surface area contributed by atoms with Gasteiger partial charge in [0.05, 0.1) is 5.52 Å². The Labute approximate surface area is 152 Å². The molecule has 0 amide bonds. The summed E-state index contributed by atoms with van der Waals surface area (Å²) in [5.41, 5.74) is 10.2. The van der Waals surface area contributed by atoms with E-state index in [-0.39, 0.29) is 0 Å². The van der Waals surface area contributed by atoms with Crippen LogP contribution in [0.3, 0.4) is 0 Å². The Hall–Kier alpha value is -2.15. The summed E-state index contributed by atoms with van der Waals surface area (Å²) in [5.74, 6) is 2.58. The number of aryl methyl sites for hydroxylation is 4. The van der Waals surface area contributed by atoms with Crippen molar-refractivity contribution in [2.45, 2.75) is 51.7 Å². The van der Waals surface area contributed by atoms with Crippen LogP contribution in [0, 0.1) is 20.8 Å². The first kappa shape index (κ1) is 17.7. The van der Waals surface area contributed by atoms with Crippen molar-refractivity contribution in [3.05, 3.63) is 35.5 Å². The smallest absolute Gasteiger partial charge is 0.187 e. The van der Waals surface area contributed by atoms with Gasteiger partial charge in [-0.1, -0.05) is 18.2 Å². The van der Waals surface area contributed by atoms with E-state index in [1.807, 2.05) is 19.9 Å². The summed E-state index contributed by atoms with van der Waals surface area (Å²) in [5, 5.41) is 0.855. The maximum Gasteiger partial charge on any atom is 0.187 e. The Morgan fingerprint density at radius 3 is 2.56 bits per heavy atom. The van der Waals surface area contributed by atoms with Crippen LogP contribution in [-0.2, 0) is 6.54 Å². The van der Waals surface area contributed by atoms with Gasteiger partial charge in [0.25, 0.3) is 0 Å². The normalized spacial score (nSPS) is 11.3. The van der Waals surface area contributed by atoms with E-state index in [9.17, 15) is 0 Å². The van der Waals surface area contributed by atoms with Gasteiger partial charge in [0.15, 0.2) is 11.0 Å². The second kappa shape index (κ2) is 7.82. The summed E-state index contributed by atoms with van der Waals surface area (Å²) in [6.07, 6.45) is 7.00. The van der Waals surface area contributed by atoms with Gasteiger partial charge in [-0.25, -0.2) is 19.9 Å². The van der Waals surface area contributed by atoms with Crippen LogP contribution >= 0.6 is 11.8 Å². The highest BCUT2D eigenvalue weighted by molar-refractivity contribution is 7.99. The van der Waals surface area contributed by atoms with E-state index in [1.54, 1.807) is 24.2 Å². The largest absolute Gasteiger partial charge is 0.382 e. The van der Waals surface area contributed by atoms with Crippen molar-refractivity contribution in [1.82, 2.24) is 24.5 Å². The van der Waals surface area contributed by atoms with Crippen LogP contribution in [0.25, 0.3) is 11.0 Å². The van der Waals surface area contributed by atoms with E-state index in [0.717, 1.165) is 59.3 Å². The van der Waals surface area contributed by atoms with Gasteiger partial charge in [-0.3, -0.25) is 0 Å². The average Bonchev–Trinajstić information content (AvgIpc) is 2.94. The van der Waals surface area contributed by atoms with Crippen LogP contribution in [-0.4, -0.2) is 30.3 Å². The van der Waals surface area contributed by atoms with Crippen molar-refractivity contribution >= 4 is 28.6 Å². The first-order valence-electron chi connectivity index (χ1n) is 8.57. The number of nitrogens with two attached hydrogens (primary N) is 1. The predicted molar refractivity (Wildman–Crippen MR) is 103 cm³/mol. The number of pyridine rings is 1. The fraction of sp³-hybridized carbons (Fsp3) is 0.444. The third-order valence-corrected chi connectivity index (χ3v) is 5.35. The molecule has 0 saturated heterocycles. The standard InChI is InChI=1S/C18H24N6S/c1-12-13(2)22-17(19)15-16(12)24(14(3)23-15)10-5-4-6-11-25-18-20-8-7-9-21-18/h7-9H,4-6,10-11H2,1-3H3,(H2,19,22). The predicted octanol–water partition coefficient (Wildman–Crippen LogP) is 3.69. The summed E-state index contributed by atoms with van der Waals surface area (Å²) in [4.78, 5) is 17.5. The highest BCUT2D eigenvalue weighted by atomic mass is 32.2. The molecule has 2 N–H and O–H groups in total. The van der Waals surface area contributed by atoms with E-state index in [1.165, 1.54) is 5.56 Å². The van der Waals surface area contributed by atoms with E-state index < -0.39 is 0 Å². The molecule has 0 aromatic carbocycles. The molecule has 132 valence electrons. The molecular weight excluding hydrogens is 332 g/mol. The van der Waals surface area contributed by atoms with Gasteiger partial charge >= 0.3 is 0 Å². The van der Waals surface area contributed by atoms with Gasteiger partial charge in [0.1, 0.15) is 11.3 Å². The number of thioether (sulfide) groups is 1. The number of nitrogens with zero attached hydrogens (tertiary/aromatic N) is 5. The molecule has 0 saturated carbocycles. The zero-order valence-corrected chi connectivity index (χ0v) is 15.8. The molecule has 0 radical (unpaired) electrons. The maximum absolute atomic E-state index is 6.06. The minimum absolute atomic E-state index is 0.527. The fourth-order valence-electron chi connectivity index (χ4n) is 2.96. The summed E-state index contributed by atoms with van der Waals surface area (Å²) in [6.45, 7) is 7.09. The number of unbranched alkanes of at least 4 members (excludes halogenated alkanes) is 2. The van der Waals surface area contributed by atoms with Gasteiger partial charge < -0.3 is 10.3 Å². The van der Waals surface area contributed by atoms with Gasteiger partial charge in [-0.2, -0.15) is 0 Å². The number of imidazole rings is 1. The third kappa shape index (κ3) is 3.92. The van der Waals surface area contributed by atoms with Crippen LogP contribution in [0.5, 0.6) is 0 Å². The summed E-state index contributed by atoms with van der Waals surface area (Å²) < 4.78 is 2.28. The zero-order chi connectivity index (χ0) is 17.8. The minimum atomic E-state index is 0.527. The van der Waals surface area contributed by atoms with Crippen LogP contribution < -0.4 is 5.73 Å².